The lowest BCUT2D eigenvalue weighted by molar-refractivity contribution is -0.132. The van der Waals surface area contributed by atoms with Gasteiger partial charge in [0.25, 0.3) is 0 Å². The van der Waals surface area contributed by atoms with E-state index >= 15 is 0 Å². The summed E-state index contributed by atoms with van der Waals surface area (Å²) in [6.45, 7) is 2.10. The van der Waals surface area contributed by atoms with E-state index in [9.17, 15) is 14.7 Å². The summed E-state index contributed by atoms with van der Waals surface area (Å²) in [7, 11) is 0. The van der Waals surface area contributed by atoms with Gasteiger partial charge in [-0.1, -0.05) is 0 Å². The average Bonchev–Trinajstić information content (AvgIpc) is 3.22. The van der Waals surface area contributed by atoms with Crippen LogP contribution in [0.2, 0.25) is 0 Å². The quantitative estimate of drug-likeness (QED) is 0.170. The van der Waals surface area contributed by atoms with Crippen LogP contribution in [0.25, 0.3) is 10.9 Å². The minimum Gasteiger partial charge on any atom is -0.504 e. The van der Waals surface area contributed by atoms with E-state index in [0.29, 0.717) is 10.9 Å². The summed E-state index contributed by atoms with van der Waals surface area (Å²) in [4.78, 5) is 24.1. The van der Waals surface area contributed by atoms with E-state index in [-0.39, 0.29) is 28.7 Å². The van der Waals surface area contributed by atoms with Gasteiger partial charge in [0.1, 0.15) is 5.69 Å². The van der Waals surface area contributed by atoms with Crippen LogP contribution in [-0.4, -0.2) is 43.9 Å². The number of carbonyl (C=O) groups is 2. The highest BCUT2D eigenvalue weighted by Crippen LogP contribution is 2.34. The number of ether oxygens (including phenoxy) is 1. The molecule has 0 saturated carbocycles. The molecule has 2 aromatic carbocycles. The SMILES string of the molecule is CC(=O)Oc1cc2cc(C(=O)O)[nH]c2cc1O.Oc1cc2c(cc1O)NCC2. The number of H-pyrrole nitrogens is 1. The van der Waals surface area contributed by atoms with Gasteiger partial charge < -0.3 is 35.5 Å². The third-order valence-electron chi connectivity index (χ3n) is 4.09. The van der Waals surface area contributed by atoms with Crippen LogP contribution in [0.1, 0.15) is 23.0 Å². The fourth-order valence-corrected chi connectivity index (χ4v) is 2.82. The predicted molar refractivity (Wildman–Crippen MR) is 100 cm³/mol. The minimum atomic E-state index is -1.10. The van der Waals surface area contributed by atoms with E-state index in [1.54, 1.807) is 12.1 Å². The Morgan fingerprint density at radius 2 is 1.71 bits per heavy atom. The molecule has 1 aromatic heterocycles. The molecule has 2 heterocycles. The van der Waals surface area contributed by atoms with E-state index in [4.69, 9.17) is 20.1 Å². The van der Waals surface area contributed by atoms with E-state index < -0.39 is 11.9 Å². The Kier molecular flexibility index (Phi) is 4.99. The molecule has 0 atom stereocenters. The standard InChI is InChI=1S/C11H9NO5.C8H9NO2/c1-5(13)17-10-3-6-2-8(11(15)16)12-7(6)4-9(10)14;10-7-3-5-1-2-9-6(5)4-8(7)11/h2-4,12,14H,1H3,(H,15,16);3-4,9-11H,1-2H2. The number of rotatable bonds is 2. The van der Waals surface area contributed by atoms with Crippen molar-refractivity contribution in [1.82, 2.24) is 4.98 Å². The number of phenols is 3. The molecule has 146 valence electrons. The lowest BCUT2D eigenvalue weighted by atomic mass is 10.1. The first-order valence-corrected chi connectivity index (χ1v) is 8.30. The number of aromatic carboxylic acids is 1. The number of anilines is 1. The molecular weight excluding hydrogens is 368 g/mol. The van der Waals surface area contributed by atoms with Crippen molar-refractivity contribution in [1.29, 1.82) is 0 Å². The Bertz CT molecular complexity index is 1040. The monoisotopic (exact) mass is 386 g/mol. The molecule has 1 aliphatic rings. The number of carbonyl (C=O) groups excluding carboxylic acids is 1. The van der Waals surface area contributed by atoms with Gasteiger partial charge >= 0.3 is 11.9 Å². The number of benzene rings is 2. The molecule has 6 N–H and O–H groups in total. The second-order valence-electron chi connectivity index (χ2n) is 6.16. The Morgan fingerprint density at radius 1 is 1.00 bits per heavy atom. The van der Waals surface area contributed by atoms with Crippen molar-refractivity contribution in [2.75, 3.05) is 11.9 Å². The van der Waals surface area contributed by atoms with Gasteiger partial charge in [0.15, 0.2) is 23.0 Å². The van der Waals surface area contributed by atoms with Crippen molar-refractivity contribution in [2.24, 2.45) is 0 Å². The van der Waals surface area contributed by atoms with Crippen molar-refractivity contribution in [3.8, 4) is 23.0 Å². The van der Waals surface area contributed by atoms with Crippen molar-refractivity contribution >= 4 is 28.5 Å². The van der Waals surface area contributed by atoms with Crippen LogP contribution in [-0.2, 0) is 11.2 Å². The molecule has 0 saturated heterocycles. The number of hydrogen-bond acceptors (Lipinski definition) is 7. The molecule has 0 amide bonds. The fourth-order valence-electron chi connectivity index (χ4n) is 2.82. The highest BCUT2D eigenvalue weighted by Gasteiger charge is 2.13. The molecule has 0 unspecified atom stereocenters. The summed E-state index contributed by atoms with van der Waals surface area (Å²) < 4.78 is 4.77. The van der Waals surface area contributed by atoms with Crippen LogP contribution < -0.4 is 10.1 Å². The highest BCUT2D eigenvalue weighted by molar-refractivity contribution is 5.95. The Labute approximate surface area is 158 Å². The van der Waals surface area contributed by atoms with Crippen molar-refractivity contribution in [3.05, 3.63) is 41.6 Å². The van der Waals surface area contributed by atoms with Crippen LogP contribution in [0.15, 0.2) is 30.3 Å². The first kappa shape index (κ1) is 18.9. The zero-order chi connectivity index (χ0) is 20.4. The van der Waals surface area contributed by atoms with Crippen molar-refractivity contribution in [2.45, 2.75) is 13.3 Å². The number of carboxylic acid groups (broad SMARTS) is 1. The van der Waals surface area contributed by atoms with Gasteiger partial charge in [-0.25, -0.2) is 4.79 Å². The topological polar surface area (TPSA) is 152 Å². The number of phenolic OH excluding ortho intramolecular Hbond substituents is 3. The average molecular weight is 386 g/mol. The van der Waals surface area contributed by atoms with Gasteiger partial charge in [0.2, 0.25) is 0 Å². The van der Waals surface area contributed by atoms with Gasteiger partial charge in [-0.15, -0.1) is 0 Å². The van der Waals surface area contributed by atoms with E-state index in [0.717, 1.165) is 24.2 Å². The Balaban J connectivity index is 0.000000176. The molecule has 4 rings (SSSR count). The van der Waals surface area contributed by atoms with E-state index in [1.807, 2.05) is 0 Å². The zero-order valence-electron chi connectivity index (χ0n) is 14.8. The molecule has 28 heavy (non-hydrogen) atoms. The summed E-state index contributed by atoms with van der Waals surface area (Å²) in [5.41, 5.74) is 2.45. The smallest absolute Gasteiger partial charge is 0.352 e. The van der Waals surface area contributed by atoms with Gasteiger partial charge in [-0.3, -0.25) is 4.79 Å². The van der Waals surface area contributed by atoms with E-state index in [2.05, 4.69) is 10.3 Å². The number of aromatic nitrogens is 1. The van der Waals surface area contributed by atoms with Gasteiger partial charge in [0.05, 0.1) is 5.52 Å². The molecular formula is C19H18N2O7. The van der Waals surface area contributed by atoms with Crippen LogP contribution in [0.3, 0.4) is 0 Å². The van der Waals surface area contributed by atoms with Gasteiger partial charge in [-0.05, 0) is 30.2 Å². The molecule has 3 aromatic rings. The van der Waals surface area contributed by atoms with Crippen molar-refractivity contribution < 1.29 is 34.8 Å². The zero-order valence-corrected chi connectivity index (χ0v) is 14.8. The summed E-state index contributed by atoms with van der Waals surface area (Å²) in [6.07, 6.45) is 0.920. The number of aromatic amines is 1. The minimum absolute atomic E-state index is 0.000579. The van der Waals surface area contributed by atoms with Crippen molar-refractivity contribution in [3.63, 3.8) is 0 Å². The number of nitrogens with one attached hydrogen (secondary N) is 2. The number of carboxylic acids is 1. The molecule has 0 fully saturated rings. The molecule has 9 nitrogen and oxygen atoms in total. The fraction of sp³-hybridized carbons (Fsp3) is 0.158. The lowest BCUT2D eigenvalue weighted by Crippen LogP contribution is -2.01. The number of fused-ring (bicyclic) bond motifs is 2. The van der Waals surface area contributed by atoms with Crippen LogP contribution in [0.4, 0.5) is 5.69 Å². The summed E-state index contributed by atoms with van der Waals surface area (Å²) >= 11 is 0. The molecule has 0 bridgehead atoms. The second kappa shape index (κ2) is 7.39. The Hall–Kier alpha value is -3.88. The summed E-state index contributed by atoms with van der Waals surface area (Å²) in [6, 6.07) is 7.25. The molecule has 9 heteroatoms. The third kappa shape index (κ3) is 3.93. The maximum atomic E-state index is 10.8. The Morgan fingerprint density at radius 3 is 2.39 bits per heavy atom. The second-order valence-corrected chi connectivity index (χ2v) is 6.16. The number of aromatic hydroxyl groups is 3. The molecule has 1 aliphatic heterocycles. The number of hydrogen-bond donors (Lipinski definition) is 6. The first-order valence-electron chi connectivity index (χ1n) is 8.30. The summed E-state index contributed by atoms with van der Waals surface area (Å²) in [5.74, 6) is -1.98. The van der Waals surface area contributed by atoms with Crippen LogP contribution >= 0.6 is 0 Å². The molecule has 0 radical (unpaired) electrons. The normalized spacial score (nSPS) is 11.9. The van der Waals surface area contributed by atoms with Crippen LogP contribution in [0.5, 0.6) is 23.0 Å². The van der Waals surface area contributed by atoms with Crippen LogP contribution in [0, 0.1) is 0 Å². The van der Waals surface area contributed by atoms with E-state index in [1.165, 1.54) is 25.1 Å². The maximum Gasteiger partial charge on any atom is 0.352 e. The maximum absolute atomic E-state index is 10.8. The third-order valence-corrected chi connectivity index (χ3v) is 4.09. The van der Waals surface area contributed by atoms with Gasteiger partial charge in [0, 0.05) is 36.7 Å². The molecule has 0 spiro atoms. The summed E-state index contributed by atoms with van der Waals surface area (Å²) in [5, 5.41) is 40.2. The largest absolute Gasteiger partial charge is 0.504 e. The van der Waals surface area contributed by atoms with Gasteiger partial charge in [-0.2, -0.15) is 0 Å². The predicted octanol–water partition coefficient (Wildman–Crippen LogP) is 2.56. The molecule has 0 aliphatic carbocycles. The first-order chi connectivity index (χ1) is 13.2. The number of esters is 1. The highest BCUT2D eigenvalue weighted by atomic mass is 16.5. The lowest BCUT2D eigenvalue weighted by Gasteiger charge is -2.03.